The number of carbonyl (C=O) groups excluding carboxylic acids is 3. The number of β-amino-alcohol motifs (C(OH)–C–C–N with tert-alkyl or cyclic N) is 1. The lowest BCUT2D eigenvalue weighted by molar-refractivity contribution is -0.137. The van der Waals surface area contributed by atoms with Crippen LogP contribution in [0.5, 0.6) is 0 Å². The zero-order chi connectivity index (χ0) is 17.7. The molecule has 0 spiro atoms. The fourth-order valence-electron chi connectivity index (χ4n) is 2.08. The van der Waals surface area contributed by atoms with Gasteiger partial charge in [0.2, 0.25) is 5.91 Å². The number of aliphatic hydroxyl groups excluding tert-OH is 1. The summed E-state index contributed by atoms with van der Waals surface area (Å²) < 4.78 is 4.71. The Bertz CT molecular complexity index is 704. The van der Waals surface area contributed by atoms with Gasteiger partial charge in [0.25, 0.3) is 11.8 Å². The second kappa shape index (κ2) is 7.91. The minimum Gasteiger partial charge on any atom is -0.395 e. The van der Waals surface area contributed by atoms with Gasteiger partial charge in [-0.05, 0) is 18.2 Å². The monoisotopic (exact) mass is 353 g/mol. The number of carbonyl (C=O) groups is 3. The van der Waals surface area contributed by atoms with E-state index in [4.69, 9.17) is 21.4 Å². The van der Waals surface area contributed by atoms with E-state index in [9.17, 15) is 14.4 Å². The molecule has 1 aliphatic heterocycles. The van der Waals surface area contributed by atoms with Gasteiger partial charge in [0.1, 0.15) is 12.3 Å². The lowest BCUT2D eigenvalue weighted by atomic mass is 10.2. The van der Waals surface area contributed by atoms with E-state index in [-0.39, 0.29) is 36.4 Å². The normalized spacial score (nSPS) is 14.0. The first-order valence-corrected chi connectivity index (χ1v) is 7.37. The van der Waals surface area contributed by atoms with Crippen molar-refractivity contribution < 1.29 is 24.2 Å². The summed E-state index contributed by atoms with van der Waals surface area (Å²) in [6.07, 6.45) is 1.15. The lowest BCUT2D eigenvalue weighted by Gasteiger charge is -2.14. The highest BCUT2D eigenvalue weighted by Crippen LogP contribution is 2.27. The third-order valence-corrected chi connectivity index (χ3v) is 3.44. The van der Waals surface area contributed by atoms with Crippen LogP contribution in [0, 0.1) is 0 Å². The first-order valence-electron chi connectivity index (χ1n) is 7.00. The second-order valence-electron chi connectivity index (χ2n) is 4.88. The van der Waals surface area contributed by atoms with Crippen molar-refractivity contribution in [2.45, 2.75) is 0 Å². The van der Waals surface area contributed by atoms with E-state index in [0.29, 0.717) is 11.4 Å². The maximum Gasteiger partial charge on any atom is 0.277 e. The van der Waals surface area contributed by atoms with Crippen molar-refractivity contribution >= 4 is 40.7 Å². The quantitative estimate of drug-likeness (QED) is 0.619. The van der Waals surface area contributed by atoms with Crippen LogP contribution < -0.4 is 10.6 Å². The molecule has 24 heavy (non-hydrogen) atoms. The molecular weight excluding hydrogens is 338 g/mol. The number of benzene rings is 1. The highest BCUT2D eigenvalue weighted by atomic mass is 35.5. The van der Waals surface area contributed by atoms with E-state index in [1.54, 1.807) is 12.1 Å². The first kappa shape index (κ1) is 17.9. The molecule has 8 nitrogen and oxygen atoms in total. The van der Waals surface area contributed by atoms with Crippen LogP contribution in [0.3, 0.4) is 0 Å². The topological polar surface area (TPSA) is 108 Å². The Labute approximate surface area is 143 Å². The van der Waals surface area contributed by atoms with Crippen LogP contribution in [-0.2, 0) is 19.1 Å². The van der Waals surface area contributed by atoms with Gasteiger partial charge in [-0.2, -0.15) is 0 Å². The molecule has 0 fully saturated rings. The summed E-state index contributed by atoms with van der Waals surface area (Å²) in [6, 6.07) is 4.67. The molecule has 0 aromatic heterocycles. The van der Waals surface area contributed by atoms with Crippen molar-refractivity contribution in [3.8, 4) is 0 Å². The van der Waals surface area contributed by atoms with E-state index < -0.39 is 11.8 Å². The van der Waals surface area contributed by atoms with Gasteiger partial charge in [0.15, 0.2) is 0 Å². The molecule has 0 saturated heterocycles. The Morgan fingerprint density at radius 3 is 2.75 bits per heavy atom. The number of hydrogen-bond acceptors (Lipinski definition) is 6. The van der Waals surface area contributed by atoms with Crippen LogP contribution >= 0.6 is 11.6 Å². The molecule has 3 N–H and O–H groups in total. The maximum atomic E-state index is 12.0. The molecule has 3 amide bonds. The van der Waals surface area contributed by atoms with Crippen molar-refractivity contribution in [3.05, 3.63) is 35.0 Å². The Kier molecular flexibility index (Phi) is 5.91. The average molecular weight is 354 g/mol. The number of aliphatic hydroxyl groups is 1. The number of nitrogens with zero attached hydrogens (tertiary/aromatic N) is 1. The number of anilines is 2. The van der Waals surface area contributed by atoms with Gasteiger partial charge < -0.3 is 20.5 Å². The minimum atomic E-state index is -0.525. The highest BCUT2D eigenvalue weighted by molar-refractivity contribution is 6.34. The fraction of sp³-hybridized carbons (Fsp3) is 0.267. The number of hydrogen-bond donors (Lipinski definition) is 3. The van der Waals surface area contributed by atoms with E-state index >= 15 is 0 Å². The van der Waals surface area contributed by atoms with Gasteiger partial charge in [-0.1, -0.05) is 11.6 Å². The van der Waals surface area contributed by atoms with Crippen molar-refractivity contribution in [2.75, 3.05) is 37.5 Å². The van der Waals surface area contributed by atoms with Crippen LogP contribution in [0.2, 0.25) is 5.02 Å². The summed E-state index contributed by atoms with van der Waals surface area (Å²) in [7, 11) is 1.40. The van der Waals surface area contributed by atoms with Crippen molar-refractivity contribution in [2.24, 2.45) is 0 Å². The highest BCUT2D eigenvalue weighted by Gasteiger charge is 2.30. The van der Waals surface area contributed by atoms with E-state index in [1.807, 2.05) is 0 Å². The number of rotatable bonds is 7. The van der Waals surface area contributed by atoms with Gasteiger partial charge >= 0.3 is 0 Å². The zero-order valence-corrected chi connectivity index (χ0v) is 13.6. The van der Waals surface area contributed by atoms with Crippen LogP contribution in [0.25, 0.3) is 0 Å². The fourth-order valence-corrected chi connectivity index (χ4v) is 2.30. The number of imide groups is 1. The molecule has 0 atom stereocenters. The van der Waals surface area contributed by atoms with Gasteiger partial charge in [-0.25, -0.2) is 0 Å². The summed E-state index contributed by atoms with van der Waals surface area (Å²) in [5.74, 6) is -1.37. The van der Waals surface area contributed by atoms with E-state index in [2.05, 4.69) is 10.6 Å². The molecule has 1 aromatic carbocycles. The van der Waals surface area contributed by atoms with Crippen LogP contribution in [0.15, 0.2) is 30.0 Å². The molecular formula is C15H16ClN3O5. The Hall–Kier alpha value is -2.42. The second-order valence-corrected chi connectivity index (χ2v) is 5.28. The molecule has 2 rings (SSSR count). The van der Waals surface area contributed by atoms with Crippen molar-refractivity contribution in [3.63, 3.8) is 0 Å². The van der Waals surface area contributed by atoms with Crippen LogP contribution in [0.4, 0.5) is 11.4 Å². The zero-order valence-electron chi connectivity index (χ0n) is 12.8. The van der Waals surface area contributed by atoms with Gasteiger partial charge in [-0.15, -0.1) is 0 Å². The summed E-state index contributed by atoms with van der Waals surface area (Å²) in [4.78, 5) is 36.1. The number of ether oxygens (including phenoxy) is 1. The number of halogens is 1. The van der Waals surface area contributed by atoms with Crippen LogP contribution in [-0.4, -0.2) is 54.6 Å². The molecule has 1 aliphatic rings. The Morgan fingerprint density at radius 1 is 1.38 bits per heavy atom. The Morgan fingerprint density at radius 2 is 2.12 bits per heavy atom. The van der Waals surface area contributed by atoms with Gasteiger partial charge in [0, 0.05) is 18.9 Å². The summed E-state index contributed by atoms with van der Waals surface area (Å²) in [6.45, 7) is -0.467. The van der Waals surface area contributed by atoms with Crippen LogP contribution in [0.1, 0.15) is 0 Å². The molecule has 1 heterocycles. The Balaban J connectivity index is 2.08. The van der Waals surface area contributed by atoms with Crippen molar-refractivity contribution in [1.82, 2.24) is 4.90 Å². The summed E-state index contributed by atoms with van der Waals surface area (Å²) in [5.41, 5.74) is 0.956. The number of nitrogens with one attached hydrogen (secondary N) is 2. The molecule has 0 radical (unpaired) electrons. The SMILES string of the molecule is COCC(=O)Nc1ccc(NC2=CC(=O)N(CCO)C2=O)cc1Cl. The molecule has 0 bridgehead atoms. The summed E-state index contributed by atoms with van der Waals surface area (Å²) in [5, 5.41) is 14.5. The average Bonchev–Trinajstić information content (AvgIpc) is 2.78. The number of amides is 3. The maximum absolute atomic E-state index is 12.0. The molecule has 1 aromatic rings. The van der Waals surface area contributed by atoms with Crippen molar-refractivity contribution in [1.29, 1.82) is 0 Å². The third-order valence-electron chi connectivity index (χ3n) is 3.13. The lowest BCUT2D eigenvalue weighted by Crippen LogP contribution is -2.34. The van der Waals surface area contributed by atoms with Gasteiger partial charge in [-0.3, -0.25) is 19.3 Å². The third kappa shape index (κ3) is 4.10. The predicted molar refractivity (Wildman–Crippen MR) is 87.5 cm³/mol. The number of methoxy groups -OCH3 is 1. The minimum absolute atomic E-state index is 0.0649. The largest absolute Gasteiger partial charge is 0.395 e. The molecule has 0 saturated carbocycles. The molecule has 0 aliphatic carbocycles. The van der Waals surface area contributed by atoms with E-state index in [1.165, 1.54) is 13.2 Å². The smallest absolute Gasteiger partial charge is 0.277 e. The molecule has 0 unspecified atom stereocenters. The van der Waals surface area contributed by atoms with E-state index in [0.717, 1.165) is 11.0 Å². The predicted octanol–water partition coefficient (Wildman–Crippen LogP) is 0.582. The molecule has 9 heteroatoms. The molecule has 128 valence electrons. The standard InChI is InChI=1S/C15H16ClN3O5/c1-24-8-13(21)18-11-3-2-9(6-10(11)16)17-12-7-14(22)19(4-5-20)15(12)23/h2-3,6-7,17,20H,4-5,8H2,1H3,(H,18,21). The summed E-state index contributed by atoms with van der Waals surface area (Å²) >= 11 is 6.09. The first-order chi connectivity index (χ1) is 11.5. The van der Waals surface area contributed by atoms with Gasteiger partial charge in [0.05, 0.1) is 23.9 Å².